The van der Waals surface area contributed by atoms with Crippen molar-refractivity contribution < 1.29 is 4.74 Å². The quantitative estimate of drug-likeness (QED) is 0.321. The van der Waals surface area contributed by atoms with Gasteiger partial charge >= 0.3 is 0 Å². The van der Waals surface area contributed by atoms with E-state index in [1.807, 2.05) is 12.1 Å². The van der Waals surface area contributed by atoms with Crippen LogP contribution in [0.2, 0.25) is 0 Å². The van der Waals surface area contributed by atoms with Crippen molar-refractivity contribution in [1.82, 2.24) is 15.6 Å². The van der Waals surface area contributed by atoms with E-state index in [1.54, 1.807) is 18.4 Å². The summed E-state index contributed by atoms with van der Waals surface area (Å²) in [7, 11) is 1.79. The topological polar surface area (TPSA) is 58.5 Å². The maximum absolute atomic E-state index is 5.79. The first kappa shape index (κ1) is 23.7. The van der Waals surface area contributed by atoms with Gasteiger partial charge in [-0.25, -0.2) is 4.98 Å². The normalized spacial score (nSPS) is 11.3. The van der Waals surface area contributed by atoms with Crippen LogP contribution in [0.15, 0.2) is 29.3 Å². The fourth-order valence-electron chi connectivity index (χ4n) is 2.35. The monoisotopic (exact) mass is 502 g/mol. The number of benzene rings is 1. The van der Waals surface area contributed by atoms with Gasteiger partial charge in [0.1, 0.15) is 5.75 Å². The number of hydrogen-bond donors (Lipinski definition) is 2. The molecule has 1 aromatic carbocycles. The number of aryl methyl sites for hydroxylation is 2. The summed E-state index contributed by atoms with van der Waals surface area (Å²) in [5, 5.41) is 7.86. The largest absolute Gasteiger partial charge is 0.493 e. The maximum atomic E-state index is 5.79. The van der Waals surface area contributed by atoms with Crippen LogP contribution >= 0.6 is 35.3 Å². The number of hydrogen-bond acceptors (Lipinski definition) is 4. The molecule has 2 rings (SSSR count). The highest BCUT2D eigenvalue weighted by Crippen LogP contribution is 2.16. The Hall–Kier alpha value is -1.35. The van der Waals surface area contributed by atoms with E-state index in [4.69, 9.17) is 4.74 Å². The Balaban J connectivity index is 0.00000364. The van der Waals surface area contributed by atoms with Crippen LogP contribution in [-0.2, 0) is 13.0 Å². The minimum atomic E-state index is 0. The lowest BCUT2D eigenvalue weighted by Gasteiger charge is -2.13. The Morgan fingerprint density at radius 3 is 2.67 bits per heavy atom. The number of nitrogens with zero attached hydrogens (tertiary/aromatic N) is 2. The number of ether oxygens (including phenoxy) is 1. The Bertz CT molecular complexity index is 711. The summed E-state index contributed by atoms with van der Waals surface area (Å²) in [6, 6.07) is 8.18. The summed E-state index contributed by atoms with van der Waals surface area (Å²) in [6.07, 6.45) is 0.901. The molecule has 1 aromatic heterocycles. The highest BCUT2D eigenvalue weighted by atomic mass is 127. The van der Waals surface area contributed by atoms with Gasteiger partial charge in [-0.1, -0.05) is 26.0 Å². The lowest BCUT2D eigenvalue weighted by Crippen LogP contribution is -2.37. The number of guanidine groups is 1. The lowest BCUT2D eigenvalue weighted by molar-refractivity contribution is 0.271. The molecule has 7 heteroatoms. The van der Waals surface area contributed by atoms with Crippen LogP contribution in [0.25, 0.3) is 0 Å². The van der Waals surface area contributed by atoms with Gasteiger partial charge in [-0.15, -0.1) is 35.3 Å². The summed E-state index contributed by atoms with van der Waals surface area (Å²) in [6.45, 7) is 10.7. The van der Waals surface area contributed by atoms with Crippen LogP contribution in [-0.4, -0.2) is 31.1 Å². The number of rotatable bonds is 8. The minimum absolute atomic E-state index is 0. The molecule has 0 spiro atoms. The Kier molecular flexibility index (Phi) is 10.7. The van der Waals surface area contributed by atoms with E-state index in [0.717, 1.165) is 42.0 Å². The van der Waals surface area contributed by atoms with Crippen molar-refractivity contribution in [2.24, 2.45) is 10.9 Å². The minimum Gasteiger partial charge on any atom is -0.493 e. The van der Waals surface area contributed by atoms with Gasteiger partial charge in [0.05, 0.1) is 17.3 Å². The van der Waals surface area contributed by atoms with Crippen LogP contribution < -0.4 is 15.4 Å². The second-order valence-corrected chi connectivity index (χ2v) is 7.99. The molecule has 0 aliphatic carbocycles. The van der Waals surface area contributed by atoms with Crippen molar-refractivity contribution >= 4 is 41.3 Å². The molecule has 27 heavy (non-hydrogen) atoms. The molecule has 2 N–H and O–H groups in total. The van der Waals surface area contributed by atoms with Gasteiger partial charge in [0.25, 0.3) is 0 Å². The summed E-state index contributed by atoms with van der Waals surface area (Å²) >= 11 is 1.77. The fraction of sp³-hybridized carbons (Fsp3) is 0.500. The number of thiazole rings is 1. The number of halogens is 1. The smallest absolute Gasteiger partial charge is 0.191 e. The van der Waals surface area contributed by atoms with Crippen LogP contribution in [0.3, 0.4) is 0 Å². The first-order chi connectivity index (χ1) is 12.5. The molecule has 0 saturated heterocycles. The van der Waals surface area contributed by atoms with Gasteiger partial charge in [-0.2, -0.15) is 0 Å². The van der Waals surface area contributed by atoms with Crippen molar-refractivity contribution in [2.75, 3.05) is 20.2 Å². The zero-order valence-corrected chi connectivity index (χ0v) is 20.0. The van der Waals surface area contributed by atoms with E-state index in [9.17, 15) is 0 Å². The molecule has 0 saturated carbocycles. The average molecular weight is 502 g/mol. The molecule has 0 aliphatic rings. The van der Waals surface area contributed by atoms with Crippen molar-refractivity contribution in [1.29, 1.82) is 0 Å². The molecule has 0 radical (unpaired) electrons. The first-order valence-corrected chi connectivity index (χ1v) is 9.88. The van der Waals surface area contributed by atoms with Gasteiger partial charge in [0.2, 0.25) is 0 Å². The Morgan fingerprint density at radius 1 is 1.26 bits per heavy atom. The molecule has 5 nitrogen and oxygen atoms in total. The standard InChI is InChI=1S/C20H30N4OS.HI/c1-14(2)13-25-18-8-6-7-17(11-18)12-23-20(21-5)22-10-9-19-24-15(3)16(4)26-19;/h6-8,11,14H,9-10,12-13H2,1-5H3,(H2,21,22,23);1H. The molecule has 150 valence electrons. The van der Waals surface area contributed by atoms with E-state index < -0.39 is 0 Å². The SMILES string of the molecule is CN=C(NCCc1nc(C)c(C)s1)NCc1cccc(OCC(C)C)c1.I. The van der Waals surface area contributed by atoms with Gasteiger partial charge in [0.15, 0.2) is 5.96 Å². The zero-order valence-electron chi connectivity index (χ0n) is 16.8. The van der Waals surface area contributed by atoms with Gasteiger partial charge < -0.3 is 15.4 Å². The molecule has 0 amide bonds. The molecule has 0 atom stereocenters. The molecule has 2 aromatic rings. The first-order valence-electron chi connectivity index (χ1n) is 9.07. The summed E-state index contributed by atoms with van der Waals surface area (Å²) in [5.74, 6) is 2.23. The van der Waals surface area contributed by atoms with E-state index in [-0.39, 0.29) is 24.0 Å². The van der Waals surface area contributed by atoms with Crippen LogP contribution in [0, 0.1) is 19.8 Å². The number of nitrogens with one attached hydrogen (secondary N) is 2. The van der Waals surface area contributed by atoms with Gasteiger partial charge in [0, 0.05) is 31.4 Å². The van der Waals surface area contributed by atoms with Gasteiger partial charge in [-0.3, -0.25) is 4.99 Å². The van der Waals surface area contributed by atoms with Crippen molar-refractivity contribution in [3.8, 4) is 5.75 Å². The predicted octanol–water partition coefficient (Wildman–Crippen LogP) is 4.32. The summed E-state index contributed by atoms with van der Waals surface area (Å²) < 4.78 is 5.79. The van der Waals surface area contributed by atoms with E-state index in [1.165, 1.54) is 10.4 Å². The Labute approximate surface area is 184 Å². The highest BCUT2D eigenvalue weighted by Gasteiger charge is 2.05. The van der Waals surface area contributed by atoms with E-state index in [2.05, 4.69) is 60.4 Å². The predicted molar refractivity (Wildman–Crippen MR) is 126 cm³/mol. The summed E-state index contributed by atoms with van der Waals surface area (Å²) in [4.78, 5) is 10.1. The van der Waals surface area contributed by atoms with Gasteiger partial charge in [-0.05, 0) is 37.5 Å². The fourth-order valence-corrected chi connectivity index (χ4v) is 3.28. The van der Waals surface area contributed by atoms with Crippen LogP contribution in [0.4, 0.5) is 0 Å². The van der Waals surface area contributed by atoms with Crippen molar-refractivity contribution in [3.63, 3.8) is 0 Å². The number of aliphatic imine (C=N–C) groups is 1. The molecular formula is C20H31IN4OS. The highest BCUT2D eigenvalue weighted by molar-refractivity contribution is 14.0. The molecular weight excluding hydrogens is 471 g/mol. The zero-order chi connectivity index (χ0) is 18.9. The molecule has 0 fully saturated rings. The van der Waals surface area contributed by atoms with E-state index >= 15 is 0 Å². The third-order valence-electron chi connectivity index (χ3n) is 3.87. The third kappa shape index (κ3) is 8.47. The van der Waals surface area contributed by atoms with E-state index in [0.29, 0.717) is 12.5 Å². The van der Waals surface area contributed by atoms with Crippen LogP contribution in [0.5, 0.6) is 5.75 Å². The van der Waals surface area contributed by atoms with Crippen LogP contribution in [0.1, 0.15) is 35.0 Å². The third-order valence-corrected chi connectivity index (χ3v) is 5.00. The Morgan fingerprint density at radius 2 is 2.04 bits per heavy atom. The molecule has 0 aliphatic heterocycles. The molecule has 0 unspecified atom stereocenters. The second kappa shape index (κ2) is 12.2. The number of aromatic nitrogens is 1. The lowest BCUT2D eigenvalue weighted by atomic mass is 10.2. The maximum Gasteiger partial charge on any atom is 0.191 e. The summed E-state index contributed by atoms with van der Waals surface area (Å²) in [5.41, 5.74) is 2.30. The average Bonchev–Trinajstić information content (AvgIpc) is 2.94. The molecule has 0 bridgehead atoms. The van der Waals surface area contributed by atoms with Crippen molar-refractivity contribution in [3.05, 3.63) is 45.4 Å². The molecule has 1 heterocycles. The van der Waals surface area contributed by atoms with Crippen molar-refractivity contribution in [2.45, 2.75) is 40.7 Å². The second-order valence-electron chi connectivity index (χ2n) is 6.70.